The van der Waals surface area contributed by atoms with E-state index in [1.54, 1.807) is 0 Å². The Morgan fingerprint density at radius 1 is 0.241 bits per heavy atom. The van der Waals surface area contributed by atoms with E-state index in [2.05, 4.69) is 69.4 Å². The van der Waals surface area contributed by atoms with Crippen LogP contribution < -0.4 is 0 Å². The molecule has 0 amide bonds. The first-order chi connectivity index (χ1) is 41.0. The molecule has 0 spiro atoms. The second kappa shape index (κ2) is 71.8. The van der Waals surface area contributed by atoms with Gasteiger partial charge in [0, 0.05) is 19.3 Å². The van der Waals surface area contributed by atoms with Crippen molar-refractivity contribution in [2.45, 2.75) is 412 Å². The quantitative estimate of drug-likeness (QED) is 0.0261. The zero-order valence-electron chi connectivity index (χ0n) is 56.0. The van der Waals surface area contributed by atoms with Gasteiger partial charge in [-0.1, -0.05) is 358 Å². The van der Waals surface area contributed by atoms with Gasteiger partial charge in [-0.25, -0.2) is 0 Å². The normalized spacial score (nSPS) is 12.3. The highest BCUT2D eigenvalue weighted by Gasteiger charge is 2.19. The van der Waals surface area contributed by atoms with Crippen molar-refractivity contribution >= 4 is 17.9 Å². The fraction of sp³-hybridized carbons (Fsp3) is 0.857. The zero-order chi connectivity index (χ0) is 59.9. The Morgan fingerprint density at radius 3 is 0.699 bits per heavy atom. The van der Waals surface area contributed by atoms with E-state index in [4.69, 9.17) is 14.2 Å². The van der Waals surface area contributed by atoms with Gasteiger partial charge in [-0.05, 0) is 77.0 Å². The lowest BCUT2D eigenvalue weighted by Crippen LogP contribution is -2.30. The lowest BCUT2D eigenvalue weighted by molar-refractivity contribution is -0.167. The van der Waals surface area contributed by atoms with Crippen LogP contribution in [0.15, 0.2) is 48.6 Å². The predicted octanol–water partition coefficient (Wildman–Crippen LogP) is 25.7. The van der Waals surface area contributed by atoms with Crippen LogP contribution in [-0.2, 0) is 28.6 Å². The van der Waals surface area contributed by atoms with Gasteiger partial charge in [-0.2, -0.15) is 0 Å². The van der Waals surface area contributed by atoms with Crippen LogP contribution in [0.25, 0.3) is 0 Å². The Balaban J connectivity index is 4.18. The van der Waals surface area contributed by atoms with E-state index in [1.807, 2.05) is 0 Å². The molecule has 0 aliphatic rings. The molecule has 0 radical (unpaired) electrons. The van der Waals surface area contributed by atoms with Crippen LogP contribution in [0.5, 0.6) is 0 Å². The van der Waals surface area contributed by atoms with Crippen molar-refractivity contribution in [2.24, 2.45) is 0 Å². The third-order valence-electron chi connectivity index (χ3n) is 16.8. The lowest BCUT2D eigenvalue weighted by Gasteiger charge is -2.18. The van der Waals surface area contributed by atoms with Gasteiger partial charge in [0.1, 0.15) is 13.2 Å². The van der Waals surface area contributed by atoms with Gasteiger partial charge in [0.2, 0.25) is 0 Å². The molecule has 1 unspecified atom stereocenters. The van der Waals surface area contributed by atoms with E-state index in [-0.39, 0.29) is 31.1 Å². The summed E-state index contributed by atoms with van der Waals surface area (Å²) < 4.78 is 17.0. The molecule has 6 nitrogen and oxygen atoms in total. The standard InChI is InChI=1S/C77H142O6/c1-4-7-10-13-16-19-22-25-28-30-32-34-35-36-37-38-39-40-41-42-43-44-46-47-49-52-55-58-61-64-67-70-76(79)82-73-74(72-81-75(78)69-66-63-60-57-54-51-27-24-21-18-15-12-9-6-3)83-77(80)71-68-65-62-59-56-53-50-48-45-33-31-29-26-23-20-17-14-11-8-5-2/h15,18,22,24-25,27,30,32,74H,4-14,16-17,19-21,23,26,28-29,31,33-73H2,1-3H3/b18-15-,25-22-,27-24-,32-30-. The molecule has 486 valence electrons. The third kappa shape index (κ3) is 70.0. The van der Waals surface area contributed by atoms with Crippen molar-refractivity contribution in [2.75, 3.05) is 13.2 Å². The van der Waals surface area contributed by atoms with Crippen molar-refractivity contribution in [3.63, 3.8) is 0 Å². The molecule has 0 aromatic carbocycles. The molecule has 0 saturated heterocycles. The number of hydrogen-bond donors (Lipinski definition) is 0. The summed E-state index contributed by atoms with van der Waals surface area (Å²) in [5.41, 5.74) is 0. The fourth-order valence-electron chi connectivity index (χ4n) is 11.2. The van der Waals surface area contributed by atoms with Crippen LogP contribution in [0, 0.1) is 0 Å². The topological polar surface area (TPSA) is 78.9 Å². The maximum absolute atomic E-state index is 13.0. The van der Waals surface area contributed by atoms with Gasteiger partial charge in [0.25, 0.3) is 0 Å². The molecule has 0 aromatic heterocycles. The van der Waals surface area contributed by atoms with Crippen molar-refractivity contribution in [1.29, 1.82) is 0 Å². The molecule has 0 fully saturated rings. The smallest absolute Gasteiger partial charge is 0.306 e. The Kier molecular flexibility index (Phi) is 69.6. The first-order valence-corrected chi connectivity index (χ1v) is 37.1. The van der Waals surface area contributed by atoms with Gasteiger partial charge in [0.05, 0.1) is 0 Å². The molecule has 0 rings (SSSR count). The predicted molar refractivity (Wildman–Crippen MR) is 362 cm³/mol. The molecular weight excluding hydrogens is 1020 g/mol. The van der Waals surface area contributed by atoms with Gasteiger partial charge in [-0.15, -0.1) is 0 Å². The third-order valence-corrected chi connectivity index (χ3v) is 16.8. The van der Waals surface area contributed by atoms with E-state index in [0.717, 1.165) is 83.5 Å². The minimum absolute atomic E-state index is 0.0719. The number of rotatable bonds is 69. The second-order valence-electron chi connectivity index (χ2n) is 25.2. The van der Waals surface area contributed by atoms with Crippen molar-refractivity contribution in [3.8, 4) is 0 Å². The fourth-order valence-corrected chi connectivity index (χ4v) is 11.2. The van der Waals surface area contributed by atoms with Crippen LogP contribution in [0.2, 0.25) is 0 Å². The highest BCUT2D eigenvalue weighted by Crippen LogP contribution is 2.19. The largest absolute Gasteiger partial charge is 0.462 e. The summed E-state index contributed by atoms with van der Waals surface area (Å²) in [7, 11) is 0. The second-order valence-corrected chi connectivity index (χ2v) is 25.2. The van der Waals surface area contributed by atoms with Crippen LogP contribution in [0.1, 0.15) is 406 Å². The molecule has 0 aliphatic carbocycles. The summed E-state index contributed by atoms with van der Waals surface area (Å²) in [6.45, 7) is 6.65. The van der Waals surface area contributed by atoms with Gasteiger partial charge in [0.15, 0.2) is 6.10 Å². The van der Waals surface area contributed by atoms with E-state index >= 15 is 0 Å². The molecule has 0 saturated carbocycles. The summed E-state index contributed by atoms with van der Waals surface area (Å²) in [5, 5.41) is 0. The molecule has 1 atom stereocenters. The van der Waals surface area contributed by atoms with Crippen LogP contribution >= 0.6 is 0 Å². The Labute approximate surface area is 518 Å². The summed E-state index contributed by atoms with van der Waals surface area (Å²) in [6.07, 6.45) is 91.6. The first kappa shape index (κ1) is 80.4. The molecule has 0 N–H and O–H groups in total. The van der Waals surface area contributed by atoms with Gasteiger partial charge in [-0.3, -0.25) is 14.4 Å². The number of esters is 3. The van der Waals surface area contributed by atoms with Crippen LogP contribution in [-0.4, -0.2) is 37.2 Å². The molecule has 0 aromatic rings. The average Bonchev–Trinajstić information content (AvgIpc) is 3.50. The summed E-state index contributed by atoms with van der Waals surface area (Å²) in [6, 6.07) is 0. The molecule has 0 aliphatic heterocycles. The van der Waals surface area contributed by atoms with Gasteiger partial charge >= 0.3 is 17.9 Å². The summed E-state index contributed by atoms with van der Waals surface area (Å²) in [4.78, 5) is 38.5. The van der Waals surface area contributed by atoms with Crippen molar-refractivity contribution < 1.29 is 28.6 Å². The Hall–Kier alpha value is -2.63. The van der Waals surface area contributed by atoms with Crippen LogP contribution in [0.3, 0.4) is 0 Å². The monoisotopic (exact) mass is 1160 g/mol. The highest BCUT2D eigenvalue weighted by molar-refractivity contribution is 5.71. The summed E-state index contributed by atoms with van der Waals surface area (Å²) >= 11 is 0. The maximum atomic E-state index is 13.0. The van der Waals surface area contributed by atoms with Gasteiger partial charge < -0.3 is 14.2 Å². The Morgan fingerprint density at radius 2 is 0.446 bits per heavy atom. The number of unbranched alkanes of at least 4 members (excludes halogenated alkanes) is 50. The van der Waals surface area contributed by atoms with Crippen molar-refractivity contribution in [1.82, 2.24) is 0 Å². The van der Waals surface area contributed by atoms with E-state index in [9.17, 15) is 14.4 Å². The minimum atomic E-state index is -0.777. The minimum Gasteiger partial charge on any atom is -0.462 e. The SMILES string of the molecule is CCCC/C=C\C/C=C\CCCCCCCC(=O)OCC(COC(=O)CCCCCCCCCCCCCCCCCCCCC/C=C\C/C=C\CCCCCCC)OC(=O)CCCCCCCCCCCCCCCCCCCCCC. The Bertz CT molecular complexity index is 1430. The number of carbonyl (C=O) groups is 3. The molecule has 0 heterocycles. The molecular formula is C77H142O6. The number of allylic oxidation sites excluding steroid dienone is 8. The summed E-state index contributed by atoms with van der Waals surface area (Å²) in [5.74, 6) is -0.856. The molecule has 0 bridgehead atoms. The molecule has 6 heteroatoms. The van der Waals surface area contributed by atoms with E-state index in [0.29, 0.717) is 19.3 Å². The molecule has 83 heavy (non-hydrogen) atoms. The van der Waals surface area contributed by atoms with E-state index in [1.165, 1.54) is 283 Å². The number of carbonyl (C=O) groups excluding carboxylic acids is 3. The number of hydrogen-bond acceptors (Lipinski definition) is 6. The lowest BCUT2D eigenvalue weighted by atomic mass is 10.0. The maximum Gasteiger partial charge on any atom is 0.306 e. The highest BCUT2D eigenvalue weighted by atomic mass is 16.6. The first-order valence-electron chi connectivity index (χ1n) is 37.1. The van der Waals surface area contributed by atoms with Crippen molar-refractivity contribution in [3.05, 3.63) is 48.6 Å². The number of ether oxygens (including phenoxy) is 3. The average molecular weight is 1160 g/mol. The van der Waals surface area contributed by atoms with Crippen LogP contribution in [0.4, 0.5) is 0 Å². The van der Waals surface area contributed by atoms with E-state index < -0.39 is 6.10 Å². The zero-order valence-corrected chi connectivity index (χ0v) is 56.0.